The number of piperazine rings is 1. The summed E-state index contributed by atoms with van der Waals surface area (Å²) in [7, 11) is 0. The van der Waals surface area contributed by atoms with Gasteiger partial charge in [-0.2, -0.15) is 0 Å². The number of hydrogen-bond acceptors (Lipinski definition) is 5. The Bertz CT molecular complexity index is 1530. The molecule has 37 heavy (non-hydrogen) atoms. The van der Waals surface area contributed by atoms with Crippen molar-refractivity contribution in [1.82, 2.24) is 14.9 Å². The minimum absolute atomic E-state index is 0.0644. The molecule has 1 saturated heterocycles. The van der Waals surface area contributed by atoms with Crippen LogP contribution in [0, 0.1) is 17.5 Å². The molecular weight excluding hydrogens is 505 g/mol. The number of hydrogen-bond donors (Lipinski definition) is 0. The Labute approximate surface area is 216 Å². The number of carbonyl (C=O) groups is 1. The van der Waals surface area contributed by atoms with Gasteiger partial charge in [-0.05, 0) is 32.2 Å². The standard InChI is InChI=1S/C27H24ClF3N4O2/c1-27(2,3)37-26(36)35-11-9-34(10-12-35)25-17-13-32-23(22(31)24(17)33-14-19(25)30)16-6-4-5-15-7-8-18(29)21(28)20(15)16/h4-8,13-14H,9-12H2,1-3H3. The number of pyridine rings is 2. The summed E-state index contributed by atoms with van der Waals surface area (Å²) in [6.45, 7) is 6.63. The highest BCUT2D eigenvalue weighted by Crippen LogP contribution is 2.38. The van der Waals surface area contributed by atoms with E-state index in [4.69, 9.17) is 16.3 Å². The first-order valence-corrected chi connectivity index (χ1v) is 12.2. The average molecular weight is 529 g/mol. The number of halogens is 4. The maximum Gasteiger partial charge on any atom is 0.410 e. The molecule has 6 nitrogen and oxygen atoms in total. The highest BCUT2D eigenvalue weighted by molar-refractivity contribution is 6.36. The Morgan fingerprint density at radius 3 is 2.41 bits per heavy atom. The summed E-state index contributed by atoms with van der Waals surface area (Å²) in [5, 5.41) is 1.02. The number of benzene rings is 2. The summed E-state index contributed by atoms with van der Waals surface area (Å²) < 4.78 is 50.5. The molecule has 0 atom stereocenters. The Morgan fingerprint density at radius 1 is 0.973 bits per heavy atom. The summed E-state index contributed by atoms with van der Waals surface area (Å²) in [4.78, 5) is 24.0. The third-order valence-electron chi connectivity index (χ3n) is 6.22. The normalized spacial score (nSPS) is 14.5. The smallest absolute Gasteiger partial charge is 0.410 e. The van der Waals surface area contributed by atoms with Crippen LogP contribution in [0.1, 0.15) is 20.8 Å². The van der Waals surface area contributed by atoms with Gasteiger partial charge in [-0.25, -0.2) is 22.9 Å². The van der Waals surface area contributed by atoms with Crippen molar-refractivity contribution in [3.63, 3.8) is 0 Å². The van der Waals surface area contributed by atoms with Crippen LogP contribution in [0.5, 0.6) is 0 Å². The minimum Gasteiger partial charge on any atom is -0.444 e. The van der Waals surface area contributed by atoms with Gasteiger partial charge in [-0.1, -0.05) is 35.9 Å². The average Bonchev–Trinajstić information content (AvgIpc) is 2.85. The first kappa shape index (κ1) is 25.1. The number of carbonyl (C=O) groups excluding carboxylic acids is 1. The molecule has 192 valence electrons. The molecule has 0 aliphatic carbocycles. The number of anilines is 1. The Morgan fingerprint density at radius 2 is 1.70 bits per heavy atom. The monoisotopic (exact) mass is 528 g/mol. The van der Waals surface area contributed by atoms with Gasteiger partial charge >= 0.3 is 6.09 Å². The minimum atomic E-state index is -0.765. The number of ether oxygens (including phenoxy) is 1. The van der Waals surface area contributed by atoms with E-state index >= 15 is 8.78 Å². The van der Waals surface area contributed by atoms with Crippen molar-refractivity contribution in [3.05, 3.63) is 65.2 Å². The molecule has 0 bridgehead atoms. The van der Waals surface area contributed by atoms with E-state index in [1.165, 1.54) is 12.3 Å². The van der Waals surface area contributed by atoms with Crippen molar-refractivity contribution in [3.8, 4) is 11.3 Å². The topological polar surface area (TPSA) is 58.6 Å². The molecule has 1 aliphatic heterocycles. The fraction of sp³-hybridized carbons (Fsp3) is 0.296. The van der Waals surface area contributed by atoms with E-state index < -0.39 is 29.1 Å². The van der Waals surface area contributed by atoms with E-state index in [1.54, 1.807) is 54.8 Å². The summed E-state index contributed by atoms with van der Waals surface area (Å²) in [6, 6.07) is 7.85. The predicted octanol–water partition coefficient (Wildman–Crippen LogP) is 6.58. The van der Waals surface area contributed by atoms with Crippen LogP contribution in [0.3, 0.4) is 0 Å². The lowest BCUT2D eigenvalue weighted by atomic mass is 10.00. The van der Waals surface area contributed by atoms with E-state index in [0.29, 0.717) is 42.5 Å². The molecular formula is C27H24ClF3N4O2. The molecule has 0 radical (unpaired) electrons. The fourth-order valence-electron chi connectivity index (χ4n) is 4.54. The summed E-state index contributed by atoms with van der Waals surface area (Å²) in [5.41, 5.74) is -0.289. The van der Waals surface area contributed by atoms with Gasteiger partial charge in [0.2, 0.25) is 0 Å². The van der Waals surface area contributed by atoms with E-state index in [0.717, 1.165) is 6.20 Å². The second-order valence-electron chi connectivity index (χ2n) is 9.86. The molecule has 2 aromatic carbocycles. The van der Waals surface area contributed by atoms with Crippen LogP contribution in [0.25, 0.3) is 32.9 Å². The second kappa shape index (κ2) is 9.37. The molecule has 4 aromatic rings. The lowest BCUT2D eigenvalue weighted by Crippen LogP contribution is -2.50. The van der Waals surface area contributed by atoms with Crippen LogP contribution in [0.4, 0.5) is 23.7 Å². The maximum absolute atomic E-state index is 15.8. The largest absolute Gasteiger partial charge is 0.444 e. The number of fused-ring (bicyclic) bond motifs is 2. The van der Waals surface area contributed by atoms with Crippen LogP contribution in [-0.4, -0.2) is 52.7 Å². The Kier molecular flexibility index (Phi) is 6.35. The molecule has 2 aromatic heterocycles. The van der Waals surface area contributed by atoms with Gasteiger partial charge in [0.15, 0.2) is 11.6 Å². The zero-order valence-electron chi connectivity index (χ0n) is 20.5. The van der Waals surface area contributed by atoms with Crippen molar-refractivity contribution in [2.24, 2.45) is 0 Å². The van der Waals surface area contributed by atoms with Crippen LogP contribution in [0.2, 0.25) is 5.02 Å². The molecule has 3 heterocycles. The molecule has 0 N–H and O–H groups in total. The number of aromatic nitrogens is 2. The molecule has 5 rings (SSSR count). The Hall–Kier alpha value is -3.59. The van der Waals surface area contributed by atoms with Gasteiger partial charge in [-0.3, -0.25) is 4.98 Å². The summed E-state index contributed by atoms with van der Waals surface area (Å²) in [5.74, 6) is -2.02. The van der Waals surface area contributed by atoms with Crippen LogP contribution in [0.15, 0.2) is 42.7 Å². The van der Waals surface area contributed by atoms with E-state index in [2.05, 4.69) is 9.97 Å². The highest BCUT2D eigenvalue weighted by atomic mass is 35.5. The zero-order valence-corrected chi connectivity index (χ0v) is 21.2. The van der Waals surface area contributed by atoms with Crippen LogP contribution in [-0.2, 0) is 4.74 Å². The first-order chi connectivity index (χ1) is 17.5. The molecule has 0 unspecified atom stereocenters. The summed E-state index contributed by atoms with van der Waals surface area (Å²) >= 11 is 6.23. The van der Waals surface area contributed by atoms with Crippen LogP contribution >= 0.6 is 11.6 Å². The number of nitrogens with zero attached hydrogens (tertiary/aromatic N) is 4. The van der Waals surface area contributed by atoms with Gasteiger partial charge in [0.1, 0.15) is 22.6 Å². The van der Waals surface area contributed by atoms with Gasteiger partial charge in [0, 0.05) is 48.7 Å². The first-order valence-electron chi connectivity index (χ1n) is 11.8. The fourth-order valence-corrected chi connectivity index (χ4v) is 4.82. The van der Waals surface area contributed by atoms with Crippen molar-refractivity contribution in [2.75, 3.05) is 31.1 Å². The van der Waals surface area contributed by atoms with E-state index in [-0.39, 0.29) is 27.3 Å². The molecule has 1 aliphatic rings. The summed E-state index contributed by atoms with van der Waals surface area (Å²) in [6.07, 6.45) is 1.90. The molecule has 1 amide bonds. The van der Waals surface area contributed by atoms with Gasteiger partial charge in [0.25, 0.3) is 0 Å². The van der Waals surface area contributed by atoms with Crippen molar-refractivity contribution in [2.45, 2.75) is 26.4 Å². The van der Waals surface area contributed by atoms with Gasteiger partial charge in [0.05, 0.1) is 16.9 Å². The predicted molar refractivity (Wildman–Crippen MR) is 137 cm³/mol. The van der Waals surface area contributed by atoms with Crippen molar-refractivity contribution < 1.29 is 22.7 Å². The molecule has 1 fully saturated rings. The Balaban J connectivity index is 1.52. The lowest BCUT2D eigenvalue weighted by molar-refractivity contribution is 0.0240. The number of rotatable bonds is 2. The number of amides is 1. The van der Waals surface area contributed by atoms with Crippen molar-refractivity contribution >= 4 is 45.1 Å². The maximum atomic E-state index is 15.8. The third-order valence-corrected chi connectivity index (χ3v) is 6.59. The quantitative estimate of drug-likeness (QED) is 0.294. The molecule has 0 saturated carbocycles. The van der Waals surface area contributed by atoms with Gasteiger partial charge < -0.3 is 14.5 Å². The van der Waals surface area contributed by atoms with E-state index in [1.807, 2.05) is 0 Å². The van der Waals surface area contributed by atoms with Crippen molar-refractivity contribution in [1.29, 1.82) is 0 Å². The molecule has 10 heteroatoms. The lowest BCUT2D eigenvalue weighted by Gasteiger charge is -2.37. The highest BCUT2D eigenvalue weighted by Gasteiger charge is 2.29. The third kappa shape index (κ3) is 4.64. The van der Waals surface area contributed by atoms with Crippen LogP contribution < -0.4 is 4.90 Å². The van der Waals surface area contributed by atoms with Gasteiger partial charge in [-0.15, -0.1) is 0 Å². The second-order valence-corrected chi connectivity index (χ2v) is 10.2. The SMILES string of the molecule is CC(C)(C)OC(=O)N1CCN(c2c(F)cnc3c(F)c(-c4cccc5ccc(F)c(Cl)c45)ncc23)CC1. The van der Waals surface area contributed by atoms with E-state index in [9.17, 15) is 9.18 Å². The molecule has 0 spiro atoms. The zero-order chi connectivity index (χ0) is 26.5.